The van der Waals surface area contributed by atoms with Gasteiger partial charge in [0.1, 0.15) is 5.75 Å². The number of alkyl halides is 1. The van der Waals surface area contributed by atoms with E-state index in [2.05, 4.69) is 15.9 Å². The van der Waals surface area contributed by atoms with Gasteiger partial charge >= 0.3 is 0 Å². The monoisotopic (exact) mass is 276 g/mol. The summed E-state index contributed by atoms with van der Waals surface area (Å²) in [5, 5.41) is 0.887. The van der Waals surface area contributed by atoms with Gasteiger partial charge in [0.25, 0.3) is 0 Å². The fraction of sp³-hybridized carbons (Fsp3) is 0.300. The Morgan fingerprint density at radius 1 is 1.57 bits per heavy atom. The SMILES string of the molecule is COc1cc(Cl)c(C)cc1C(=O)CBr. The highest BCUT2D eigenvalue weighted by Gasteiger charge is 2.12. The maximum atomic E-state index is 11.5. The zero-order chi connectivity index (χ0) is 10.7. The molecule has 0 aromatic heterocycles. The first kappa shape index (κ1) is 11.5. The first-order valence-electron chi connectivity index (χ1n) is 4.03. The summed E-state index contributed by atoms with van der Waals surface area (Å²) < 4.78 is 5.08. The first-order chi connectivity index (χ1) is 6.60. The summed E-state index contributed by atoms with van der Waals surface area (Å²) in [5.74, 6) is 0.506. The van der Waals surface area contributed by atoms with E-state index in [9.17, 15) is 4.79 Å². The minimum Gasteiger partial charge on any atom is -0.496 e. The lowest BCUT2D eigenvalue weighted by Crippen LogP contribution is -2.03. The fourth-order valence-electron chi connectivity index (χ4n) is 1.12. The Hall–Kier alpha value is -0.540. The van der Waals surface area contributed by atoms with Crippen LogP contribution < -0.4 is 4.74 Å². The van der Waals surface area contributed by atoms with Crippen molar-refractivity contribution in [2.45, 2.75) is 6.92 Å². The molecule has 0 spiro atoms. The zero-order valence-electron chi connectivity index (χ0n) is 7.93. The molecule has 1 aromatic rings. The number of aryl methyl sites for hydroxylation is 1. The number of ether oxygens (including phenoxy) is 1. The Morgan fingerprint density at radius 3 is 2.71 bits per heavy atom. The summed E-state index contributed by atoms with van der Waals surface area (Å²) >= 11 is 9.03. The maximum absolute atomic E-state index is 11.5. The van der Waals surface area contributed by atoms with Crippen molar-refractivity contribution in [3.05, 3.63) is 28.3 Å². The van der Waals surface area contributed by atoms with E-state index in [0.717, 1.165) is 5.56 Å². The second-order valence-electron chi connectivity index (χ2n) is 2.86. The Balaban J connectivity index is 3.27. The number of Topliss-reactive ketones (excluding diaryl/α,β-unsaturated/α-hetero) is 1. The van der Waals surface area contributed by atoms with Crippen LogP contribution in [0.3, 0.4) is 0 Å². The molecule has 0 fully saturated rings. The molecule has 0 aliphatic rings. The van der Waals surface area contributed by atoms with Crippen molar-refractivity contribution in [1.29, 1.82) is 0 Å². The highest BCUT2D eigenvalue weighted by atomic mass is 79.9. The van der Waals surface area contributed by atoms with Crippen LogP contribution in [0.5, 0.6) is 5.75 Å². The lowest BCUT2D eigenvalue weighted by Gasteiger charge is -2.08. The zero-order valence-corrected chi connectivity index (χ0v) is 10.3. The van der Waals surface area contributed by atoms with Crippen LogP contribution in [0.2, 0.25) is 5.02 Å². The second kappa shape index (κ2) is 4.80. The normalized spacial score (nSPS) is 10.0. The maximum Gasteiger partial charge on any atom is 0.177 e. The van der Waals surface area contributed by atoms with Crippen LogP contribution in [0.15, 0.2) is 12.1 Å². The Bertz CT molecular complexity index is 363. The Morgan fingerprint density at radius 2 is 2.21 bits per heavy atom. The van der Waals surface area contributed by atoms with E-state index in [1.54, 1.807) is 12.1 Å². The number of benzene rings is 1. The predicted octanol–water partition coefficient (Wildman–Crippen LogP) is 3.23. The third-order valence-corrected chi connectivity index (χ3v) is 2.82. The van der Waals surface area contributed by atoms with E-state index in [-0.39, 0.29) is 11.1 Å². The van der Waals surface area contributed by atoms with E-state index >= 15 is 0 Å². The van der Waals surface area contributed by atoms with Crippen LogP contribution in [0.25, 0.3) is 0 Å². The summed E-state index contributed by atoms with van der Waals surface area (Å²) in [6.07, 6.45) is 0. The summed E-state index contributed by atoms with van der Waals surface area (Å²) in [6, 6.07) is 3.40. The van der Waals surface area contributed by atoms with Gasteiger partial charge in [-0.2, -0.15) is 0 Å². The number of hydrogen-bond acceptors (Lipinski definition) is 2. The molecule has 0 atom stereocenters. The van der Waals surface area contributed by atoms with Gasteiger partial charge in [-0.05, 0) is 24.6 Å². The van der Waals surface area contributed by atoms with Crippen LogP contribution in [-0.2, 0) is 0 Å². The van der Waals surface area contributed by atoms with Gasteiger partial charge in [0.15, 0.2) is 5.78 Å². The van der Waals surface area contributed by atoms with Crippen molar-refractivity contribution in [1.82, 2.24) is 0 Å². The molecule has 0 aliphatic carbocycles. The van der Waals surface area contributed by atoms with E-state index < -0.39 is 0 Å². The second-order valence-corrected chi connectivity index (χ2v) is 3.83. The quantitative estimate of drug-likeness (QED) is 0.626. The van der Waals surface area contributed by atoms with Crippen LogP contribution in [0.4, 0.5) is 0 Å². The molecule has 2 nitrogen and oxygen atoms in total. The first-order valence-corrected chi connectivity index (χ1v) is 5.53. The average molecular weight is 278 g/mol. The average Bonchev–Trinajstić information content (AvgIpc) is 2.20. The van der Waals surface area contributed by atoms with Crippen molar-refractivity contribution < 1.29 is 9.53 Å². The molecule has 0 amide bonds. The van der Waals surface area contributed by atoms with Crippen LogP contribution in [0.1, 0.15) is 15.9 Å². The molecule has 0 saturated carbocycles. The van der Waals surface area contributed by atoms with E-state index in [4.69, 9.17) is 16.3 Å². The number of carbonyl (C=O) groups excluding carboxylic acids is 1. The molecule has 0 heterocycles. The summed E-state index contributed by atoms with van der Waals surface area (Å²) in [7, 11) is 1.52. The minimum atomic E-state index is -0.0124. The largest absolute Gasteiger partial charge is 0.496 e. The molecule has 1 aromatic carbocycles. The summed E-state index contributed by atoms with van der Waals surface area (Å²) in [4.78, 5) is 11.5. The standard InChI is InChI=1S/C10H10BrClO2/c1-6-3-7(9(13)5-11)10(14-2)4-8(6)12/h3-4H,5H2,1-2H3. The number of ketones is 1. The van der Waals surface area contributed by atoms with Gasteiger partial charge in [-0.1, -0.05) is 27.5 Å². The topological polar surface area (TPSA) is 26.3 Å². The van der Waals surface area contributed by atoms with E-state index in [1.165, 1.54) is 7.11 Å². The highest BCUT2D eigenvalue weighted by molar-refractivity contribution is 9.09. The Labute approximate surface area is 96.3 Å². The number of halogens is 2. The van der Waals surface area contributed by atoms with Gasteiger partial charge in [0.05, 0.1) is 18.0 Å². The molecule has 0 radical (unpaired) electrons. The lowest BCUT2D eigenvalue weighted by atomic mass is 10.1. The lowest BCUT2D eigenvalue weighted by molar-refractivity contribution is 0.102. The smallest absolute Gasteiger partial charge is 0.177 e. The van der Waals surface area contributed by atoms with Crippen molar-refractivity contribution in [3.63, 3.8) is 0 Å². The summed E-state index contributed by atoms with van der Waals surface area (Å²) in [5.41, 5.74) is 1.43. The molecule has 4 heteroatoms. The highest BCUT2D eigenvalue weighted by Crippen LogP contribution is 2.27. The van der Waals surface area contributed by atoms with Gasteiger partial charge < -0.3 is 4.74 Å². The van der Waals surface area contributed by atoms with Gasteiger partial charge in [-0.3, -0.25) is 4.79 Å². The van der Waals surface area contributed by atoms with E-state index in [0.29, 0.717) is 16.3 Å². The Kier molecular flexibility index (Phi) is 3.96. The summed E-state index contributed by atoms with van der Waals surface area (Å²) in [6.45, 7) is 1.85. The third-order valence-electron chi connectivity index (χ3n) is 1.90. The minimum absolute atomic E-state index is 0.0124. The fourth-order valence-corrected chi connectivity index (χ4v) is 1.58. The molecule has 0 bridgehead atoms. The van der Waals surface area contributed by atoms with Crippen molar-refractivity contribution in [3.8, 4) is 5.75 Å². The van der Waals surface area contributed by atoms with Crippen molar-refractivity contribution in [2.75, 3.05) is 12.4 Å². The number of carbonyl (C=O) groups is 1. The van der Waals surface area contributed by atoms with Gasteiger partial charge in [-0.15, -0.1) is 0 Å². The van der Waals surface area contributed by atoms with Gasteiger partial charge in [0, 0.05) is 5.02 Å². The van der Waals surface area contributed by atoms with Crippen molar-refractivity contribution >= 4 is 33.3 Å². The molecular formula is C10H10BrClO2. The van der Waals surface area contributed by atoms with Crippen LogP contribution in [-0.4, -0.2) is 18.2 Å². The number of rotatable bonds is 3. The van der Waals surface area contributed by atoms with Crippen LogP contribution >= 0.6 is 27.5 Å². The van der Waals surface area contributed by atoms with E-state index in [1.807, 2.05) is 6.92 Å². The third kappa shape index (κ3) is 2.28. The van der Waals surface area contributed by atoms with Gasteiger partial charge in [0.2, 0.25) is 0 Å². The molecule has 0 N–H and O–H groups in total. The molecule has 14 heavy (non-hydrogen) atoms. The molecule has 76 valence electrons. The van der Waals surface area contributed by atoms with Crippen molar-refractivity contribution in [2.24, 2.45) is 0 Å². The molecule has 1 rings (SSSR count). The molecule has 0 unspecified atom stereocenters. The predicted molar refractivity (Wildman–Crippen MR) is 60.9 cm³/mol. The molecule has 0 aliphatic heterocycles. The molecular weight excluding hydrogens is 267 g/mol. The molecule has 0 saturated heterocycles. The number of hydrogen-bond donors (Lipinski definition) is 0. The van der Waals surface area contributed by atoms with Gasteiger partial charge in [-0.25, -0.2) is 0 Å². The number of methoxy groups -OCH3 is 1. The van der Waals surface area contributed by atoms with Crippen LogP contribution in [0, 0.1) is 6.92 Å².